The molecule has 1 fully saturated rings. The third kappa shape index (κ3) is 3.37. The molecular weight excluding hydrogens is 260 g/mol. The third-order valence-corrected chi connectivity index (χ3v) is 3.44. The van der Waals surface area contributed by atoms with Gasteiger partial charge in [0.05, 0.1) is 13.0 Å². The van der Waals surface area contributed by atoms with E-state index in [1.807, 2.05) is 0 Å². The number of rotatable bonds is 4. The van der Waals surface area contributed by atoms with Gasteiger partial charge in [-0.15, -0.1) is 0 Å². The van der Waals surface area contributed by atoms with Gasteiger partial charge in [0, 0.05) is 18.7 Å². The predicted octanol–water partition coefficient (Wildman–Crippen LogP) is 1.93. The summed E-state index contributed by atoms with van der Waals surface area (Å²) in [6.45, 7) is 4.53. The molecule has 1 saturated heterocycles. The maximum Gasteiger partial charge on any atom is 0.307 e. The Bertz CT molecular complexity index is 483. The molecule has 1 atom stereocenters. The zero-order valence-corrected chi connectivity index (χ0v) is 11.9. The number of esters is 1. The van der Waals surface area contributed by atoms with E-state index >= 15 is 0 Å². The molecule has 0 N–H and O–H groups in total. The first-order valence-electron chi connectivity index (χ1n) is 7.01. The summed E-state index contributed by atoms with van der Waals surface area (Å²) >= 11 is 0. The zero-order chi connectivity index (χ0) is 14.5. The number of carbonyl (C=O) groups excluding carboxylic acids is 2. The summed E-state index contributed by atoms with van der Waals surface area (Å²) in [6, 6.07) is 1.52. The summed E-state index contributed by atoms with van der Waals surface area (Å²) in [5.74, 6) is 0.177. The van der Waals surface area contributed by atoms with E-state index in [0.717, 1.165) is 19.3 Å². The molecule has 110 valence electrons. The highest BCUT2D eigenvalue weighted by atomic mass is 16.5. The molecule has 1 aromatic rings. The van der Waals surface area contributed by atoms with Gasteiger partial charge >= 0.3 is 5.97 Å². The Morgan fingerprint density at radius 2 is 2.30 bits per heavy atom. The van der Waals surface area contributed by atoms with Crippen molar-refractivity contribution in [2.45, 2.75) is 45.6 Å². The molecule has 0 aromatic carbocycles. The minimum Gasteiger partial charge on any atom is -0.466 e. The molecule has 20 heavy (non-hydrogen) atoms. The Labute approximate surface area is 118 Å². The topological polar surface area (TPSA) is 72.6 Å². The molecule has 0 spiro atoms. The first-order chi connectivity index (χ1) is 9.61. The molecule has 0 radical (unpaired) electrons. The third-order valence-electron chi connectivity index (χ3n) is 3.44. The highest BCUT2D eigenvalue weighted by molar-refractivity contribution is 5.92. The van der Waals surface area contributed by atoms with Gasteiger partial charge in [0.25, 0.3) is 5.91 Å². The second-order valence-corrected chi connectivity index (χ2v) is 4.98. The molecule has 0 unspecified atom stereocenters. The highest BCUT2D eigenvalue weighted by Gasteiger charge is 2.30. The Morgan fingerprint density at radius 3 is 2.95 bits per heavy atom. The van der Waals surface area contributed by atoms with Crippen LogP contribution in [0.3, 0.4) is 0 Å². The summed E-state index contributed by atoms with van der Waals surface area (Å²) in [5.41, 5.74) is 0.304. The van der Waals surface area contributed by atoms with Crippen LogP contribution >= 0.6 is 0 Å². The van der Waals surface area contributed by atoms with Crippen molar-refractivity contribution in [3.05, 3.63) is 17.5 Å². The molecule has 2 rings (SSSR count). The molecule has 1 amide bonds. The van der Waals surface area contributed by atoms with Gasteiger partial charge in [-0.05, 0) is 33.1 Å². The van der Waals surface area contributed by atoms with E-state index in [1.165, 1.54) is 0 Å². The number of piperidine rings is 1. The molecule has 0 bridgehead atoms. The number of nitrogens with zero attached hydrogens (tertiary/aromatic N) is 2. The van der Waals surface area contributed by atoms with Crippen LogP contribution in [-0.4, -0.2) is 41.1 Å². The lowest BCUT2D eigenvalue weighted by Gasteiger charge is -2.34. The van der Waals surface area contributed by atoms with Crippen LogP contribution in [0.25, 0.3) is 0 Å². The Morgan fingerprint density at radius 1 is 1.50 bits per heavy atom. The van der Waals surface area contributed by atoms with E-state index in [4.69, 9.17) is 9.26 Å². The van der Waals surface area contributed by atoms with Crippen LogP contribution in [0.15, 0.2) is 10.6 Å². The first-order valence-corrected chi connectivity index (χ1v) is 7.01. The second-order valence-electron chi connectivity index (χ2n) is 4.98. The first kappa shape index (κ1) is 14.6. The van der Waals surface area contributed by atoms with E-state index in [9.17, 15) is 9.59 Å². The molecule has 1 aliphatic rings. The Hall–Kier alpha value is -1.85. The molecule has 6 nitrogen and oxygen atoms in total. The summed E-state index contributed by atoms with van der Waals surface area (Å²) in [6.07, 6.45) is 3.03. The SMILES string of the molecule is CCOC(=O)C[C@H]1CCCCN1C(=O)c1cc(C)on1. The lowest BCUT2D eigenvalue weighted by molar-refractivity contribution is -0.144. The van der Waals surface area contributed by atoms with Crippen molar-refractivity contribution in [2.24, 2.45) is 0 Å². The van der Waals surface area contributed by atoms with E-state index in [0.29, 0.717) is 24.6 Å². The smallest absolute Gasteiger partial charge is 0.307 e. The van der Waals surface area contributed by atoms with Gasteiger partial charge in [-0.2, -0.15) is 0 Å². The predicted molar refractivity (Wildman–Crippen MR) is 71.2 cm³/mol. The van der Waals surface area contributed by atoms with Gasteiger partial charge in [0.15, 0.2) is 5.69 Å². The van der Waals surface area contributed by atoms with Crippen LogP contribution < -0.4 is 0 Å². The summed E-state index contributed by atoms with van der Waals surface area (Å²) in [5, 5.41) is 3.76. The molecule has 0 saturated carbocycles. The van der Waals surface area contributed by atoms with Crippen LogP contribution in [0, 0.1) is 6.92 Å². The van der Waals surface area contributed by atoms with Crippen LogP contribution in [-0.2, 0) is 9.53 Å². The monoisotopic (exact) mass is 280 g/mol. The number of hydrogen-bond donors (Lipinski definition) is 0. The van der Waals surface area contributed by atoms with Crippen molar-refractivity contribution < 1.29 is 18.8 Å². The van der Waals surface area contributed by atoms with Crippen LogP contribution in [0.2, 0.25) is 0 Å². The van der Waals surface area contributed by atoms with Crippen molar-refractivity contribution >= 4 is 11.9 Å². The van der Waals surface area contributed by atoms with Crippen molar-refractivity contribution in [1.29, 1.82) is 0 Å². The average molecular weight is 280 g/mol. The fourth-order valence-electron chi connectivity index (χ4n) is 2.51. The largest absolute Gasteiger partial charge is 0.466 e. The summed E-state index contributed by atoms with van der Waals surface area (Å²) < 4.78 is 9.91. The lowest BCUT2D eigenvalue weighted by Crippen LogP contribution is -2.45. The van der Waals surface area contributed by atoms with Crippen LogP contribution in [0.5, 0.6) is 0 Å². The minimum absolute atomic E-state index is 0.104. The minimum atomic E-state index is -0.256. The summed E-state index contributed by atoms with van der Waals surface area (Å²) in [4.78, 5) is 25.8. The Kier molecular flexibility index (Phi) is 4.76. The molecule has 1 aliphatic heterocycles. The van der Waals surface area contributed by atoms with Crippen molar-refractivity contribution in [3.8, 4) is 0 Å². The second kappa shape index (κ2) is 6.54. The molecule has 2 heterocycles. The highest BCUT2D eigenvalue weighted by Crippen LogP contribution is 2.22. The normalized spacial score (nSPS) is 18.9. The van der Waals surface area contributed by atoms with Crippen LogP contribution in [0.4, 0.5) is 0 Å². The standard InChI is InChI=1S/C14H20N2O4/c1-3-19-13(17)9-11-6-4-5-7-16(11)14(18)12-8-10(2)20-15-12/h8,11H,3-7,9H2,1-2H3/t11-/m1/s1. The van der Waals surface area contributed by atoms with E-state index in [-0.39, 0.29) is 24.3 Å². The molecular formula is C14H20N2O4. The number of hydrogen-bond acceptors (Lipinski definition) is 5. The van der Waals surface area contributed by atoms with E-state index in [1.54, 1.807) is 24.8 Å². The quantitative estimate of drug-likeness (QED) is 0.788. The van der Waals surface area contributed by atoms with E-state index in [2.05, 4.69) is 5.16 Å². The average Bonchev–Trinajstić information content (AvgIpc) is 2.85. The lowest BCUT2D eigenvalue weighted by atomic mass is 9.99. The van der Waals surface area contributed by atoms with Gasteiger partial charge in [-0.25, -0.2) is 0 Å². The maximum absolute atomic E-state index is 12.4. The molecule has 6 heteroatoms. The van der Waals surface area contributed by atoms with Gasteiger partial charge in [0.1, 0.15) is 5.76 Å². The fourth-order valence-corrected chi connectivity index (χ4v) is 2.51. The Balaban J connectivity index is 2.06. The zero-order valence-electron chi connectivity index (χ0n) is 11.9. The molecule has 0 aliphatic carbocycles. The number of aromatic nitrogens is 1. The van der Waals surface area contributed by atoms with Gasteiger partial charge in [-0.1, -0.05) is 5.16 Å². The van der Waals surface area contributed by atoms with Gasteiger partial charge in [0.2, 0.25) is 0 Å². The van der Waals surface area contributed by atoms with Crippen molar-refractivity contribution in [2.75, 3.05) is 13.2 Å². The van der Waals surface area contributed by atoms with Crippen molar-refractivity contribution in [3.63, 3.8) is 0 Å². The maximum atomic E-state index is 12.4. The van der Waals surface area contributed by atoms with Crippen LogP contribution in [0.1, 0.15) is 48.9 Å². The fraction of sp³-hybridized carbons (Fsp3) is 0.643. The van der Waals surface area contributed by atoms with Gasteiger partial charge < -0.3 is 14.2 Å². The van der Waals surface area contributed by atoms with E-state index < -0.39 is 0 Å². The molecule has 1 aromatic heterocycles. The van der Waals surface area contributed by atoms with Gasteiger partial charge in [-0.3, -0.25) is 9.59 Å². The number of aryl methyl sites for hydroxylation is 1. The number of amides is 1. The number of carbonyl (C=O) groups is 2. The number of likely N-dealkylation sites (tertiary alicyclic amines) is 1. The summed E-state index contributed by atoms with van der Waals surface area (Å²) in [7, 11) is 0. The van der Waals surface area contributed by atoms with Crippen molar-refractivity contribution in [1.82, 2.24) is 10.1 Å². The number of ether oxygens (including phenoxy) is 1.